The lowest BCUT2D eigenvalue weighted by atomic mass is 10.2. The average molecular weight is 379 g/mol. The first kappa shape index (κ1) is 19.2. The molecule has 0 aliphatic heterocycles. The maximum Gasteiger partial charge on any atom is 0.351 e. The Morgan fingerprint density at radius 2 is 1.48 bits per heavy atom. The zero-order valence-corrected chi connectivity index (χ0v) is 15.6. The summed E-state index contributed by atoms with van der Waals surface area (Å²) in [6.45, 7) is 0. The highest BCUT2D eigenvalue weighted by Gasteiger charge is 2.25. The Hall–Kier alpha value is -2.11. The Morgan fingerprint density at radius 1 is 0.920 bits per heavy atom. The second-order valence-corrected chi connectivity index (χ2v) is 7.60. The van der Waals surface area contributed by atoms with Gasteiger partial charge in [-0.15, -0.1) is 10.5 Å². The molecular weight excluding hydrogens is 360 g/mol. The van der Waals surface area contributed by atoms with Crippen LogP contribution in [0.15, 0.2) is 59.5 Å². The molecule has 1 atom stereocenters. The smallest absolute Gasteiger partial charge is 0.351 e. The van der Waals surface area contributed by atoms with E-state index in [0.717, 1.165) is 10.5 Å². The third-order valence-electron chi connectivity index (χ3n) is 3.52. The molecule has 0 heterocycles. The van der Waals surface area contributed by atoms with Crippen molar-refractivity contribution < 1.29 is 19.1 Å². The predicted molar refractivity (Wildman–Crippen MR) is 101 cm³/mol. The quantitative estimate of drug-likeness (QED) is 0.436. The molecule has 0 radical (unpaired) electrons. The standard InChI is InChI=1S/C19H19ClO4S/c1-23-18(21)17(19(22)24-2)25(16-10-8-15(20)9-11-16)13-12-14-6-4-3-5-7-14/h3-11H,12-13H2,1-2H3. The van der Waals surface area contributed by atoms with Crippen molar-refractivity contribution in [2.75, 3.05) is 20.0 Å². The van der Waals surface area contributed by atoms with Crippen LogP contribution in [0, 0.1) is 0 Å². The zero-order valence-electron chi connectivity index (χ0n) is 14.0. The Balaban J connectivity index is 2.48. The van der Waals surface area contributed by atoms with E-state index in [-0.39, 0.29) is 4.86 Å². The van der Waals surface area contributed by atoms with Gasteiger partial charge in [0, 0.05) is 9.92 Å². The molecule has 0 fully saturated rings. The zero-order chi connectivity index (χ0) is 18.2. The van der Waals surface area contributed by atoms with Gasteiger partial charge in [0.15, 0.2) is 4.86 Å². The number of carbonyl (C=O) groups excluding carboxylic acids is 2. The molecule has 4 nitrogen and oxygen atoms in total. The van der Waals surface area contributed by atoms with Crippen molar-refractivity contribution in [2.24, 2.45) is 0 Å². The van der Waals surface area contributed by atoms with E-state index < -0.39 is 22.4 Å². The summed E-state index contributed by atoms with van der Waals surface area (Å²) in [7, 11) is 1.73. The molecule has 25 heavy (non-hydrogen) atoms. The number of esters is 2. The van der Waals surface area contributed by atoms with Crippen molar-refractivity contribution in [3.8, 4) is 0 Å². The molecule has 0 aromatic heterocycles. The van der Waals surface area contributed by atoms with E-state index in [0.29, 0.717) is 17.2 Å². The Bertz CT molecular complexity index is 752. The summed E-state index contributed by atoms with van der Waals surface area (Å²) >= 11 is 5.96. The van der Waals surface area contributed by atoms with E-state index in [1.54, 1.807) is 12.1 Å². The van der Waals surface area contributed by atoms with Gasteiger partial charge in [0.2, 0.25) is 0 Å². The maximum atomic E-state index is 12.2. The largest absolute Gasteiger partial charge is 0.465 e. The molecule has 2 aromatic carbocycles. The van der Waals surface area contributed by atoms with E-state index in [9.17, 15) is 9.59 Å². The van der Waals surface area contributed by atoms with Crippen molar-refractivity contribution in [3.05, 3.63) is 65.2 Å². The number of aryl methyl sites for hydroxylation is 1. The molecule has 1 unspecified atom stereocenters. The molecule has 2 rings (SSSR count). The van der Waals surface area contributed by atoms with Crippen LogP contribution in [0.1, 0.15) is 5.56 Å². The summed E-state index contributed by atoms with van der Waals surface area (Å²) in [4.78, 5) is 25.3. The average Bonchev–Trinajstić information content (AvgIpc) is 2.65. The van der Waals surface area contributed by atoms with Crippen LogP contribution in [0.5, 0.6) is 0 Å². The number of hydrogen-bond acceptors (Lipinski definition) is 4. The molecule has 0 aliphatic rings. The van der Waals surface area contributed by atoms with Gasteiger partial charge in [0.25, 0.3) is 0 Å². The van der Waals surface area contributed by atoms with Gasteiger partial charge in [0.1, 0.15) is 0 Å². The van der Waals surface area contributed by atoms with E-state index >= 15 is 0 Å². The minimum absolute atomic E-state index is 0.0169. The van der Waals surface area contributed by atoms with Crippen LogP contribution in [-0.2, 0) is 25.5 Å². The lowest BCUT2D eigenvalue weighted by Crippen LogP contribution is -2.27. The third-order valence-corrected chi connectivity index (χ3v) is 6.06. The van der Waals surface area contributed by atoms with E-state index in [2.05, 4.69) is 0 Å². The number of hydrogen-bond donors (Lipinski definition) is 0. The molecular formula is C19H19ClO4S. The molecule has 0 saturated carbocycles. The molecule has 0 N–H and O–H groups in total. The first-order valence-corrected chi connectivity index (χ1v) is 9.38. The molecule has 0 aliphatic carbocycles. The van der Waals surface area contributed by atoms with E-state index in [1.807, 2.05) is 42.5 Å². The molecule has 0 spiro atoms. The molecule has 2 aromatic rings. The minimum atomic E-state index is -0.785. The Morgan fingerprint density at radius 3 is 2.00 bits per heavy atom. The monoisotopic (exact) mass is 378 g/mol. The van der Waals surface area contributed by atoms with Gasteiger partial charge in [-0.3, -0.25) is 0 Å². The van der Waals surface area contributed by atoms with E-state index in [4.69, 9.17) is 21.1 Å². The second-order valence-electron chi connectivity index (χ2n) is 5.10. The van der Waals surface area contributed by atoms with Gasteiger partial charge >= 0.3 is 11.9 Å². The Labute approximate surface area is 154 Å². The predicted octanol–water partition coefficient (Wildman–Crippen LogP) is 3.73. The summed E-state index contributed by atoms with van der Waals surface area (Å²) < 4.78 is 9.64. The highest BCUT2D eigenvalue weighted by atomic mass is 35.5. The van der Waals surface area contributed by atoms with Crippen molar-refractivity contribution in [1.82, 2.24) is 0 Å². The SMILES string of the molecule is COC(=O)C(C(=O)OC)=S(CCc1ccccc1)c1ccc(Cl)cc1. The van der Waals surface area contributed by atoms with Crippen molar-refractivity contribution in [3.63, 3.8) is 0 Å². The van der Waals surface area contributed by atoms with Crippen molar-refractivity contribution in [2.45, 2.75) is 11.3 Å². The van der Waals surface area contributed by atoms with Crippen LogP contribution in [-0.4, -0.2) is 36.8 Å². The van der Waals surface area contributed by atoms with Crippen molar-refractivity contribution >= 4 is 38.9 Å². The fraction of sp³-hybridized carbons (Fsp3) is 0.211. The fourth-order valence-electron chi connectivity index (χ4n) is 2.27. The number of carbonyl (C=O) groups is 2. The maximum absolute atomic E-state index is 12.2. The summed E-state index contributed by atoms with van der Waals surface area (Å²) in [5.41, 5.74) is 1.13. The van der Waals surface area contributed by atoms with Crippen LogP contribution < -0.4 is 0 Å². The molecule has 0 saturated heterocycles. The van der Waals surface area contributed by atoms with Crippen molar-refractivity contribution in [1.29, 1.82) is 0 Å². The van der Waals surface area contributed by atoms with Gasteiger partial charge in [-0.1, -0.05) is 41.9 Å². The van der Waals surface area contributed by atoms with Gasteiger partial charge in [-0.2, -0.15) is 0 Å². The Kier molecular flexibility index (Phi) is 7.22. The van der Waals surface area contributed by atoms with E-state index in [1.165, 1.54) is 14.2 Å². The second kappa shape index (κ2) is 9.39. The van der Waals surface area contributed by atoms with Crippen LogP contribution in [0.25, 0.3) is 0 Å². The van der Waals surface area contributed by atoms with Gasteiger partial charge in [0.05, 0.1) is 14.2 Å². The highest BCUT2D eigenvalue weighted by Crippen LogP contribution is 2.31. The minimum Gasteiger partial charge on any atom is -0.465 e. The lowest BCUT2D eigenvalue weighted by molar-refractivity contribution is -0.137. The molecule has 132 valence electrons. The number of ether oxygens (including phenoxy) is 2. The third kappa shape index (κ3) is 5.18. The van der Waals surface area contributed by atoms with Gasteiger partial charge in [-0.25, -0.2) is 9.59 Å². The van der Waals surface area contributed by atoms with Crippen LogP contribution in [0.2, 0.25) is 5.02 Å². The number of methoxy groups -OCH3 is 2. The number of halogens is 1. The lowest BCUT2D eigenvalue weighted by Gasteiger charge is -2.15. The fourth-order valence-corrected chi connectivity index (χ4v) is 4.55. The summed E-state index contributed by atoms with van der Waals surface area (Å²) in [5.74, 6) is -0.748. The summed E-state index contributed by atoms with van der Waals surface area (Å²) in [6.07, 6.45) is 0.712. The normalized spacial score (nSPS) is 11.5. The van der Waals surface area contributed by atoms with Gasteiger partial charge < -0.3 is 9.47 Å². The van der Waals surface area contributed by atoms with Gasteiger partial charge in [-0.05, 0) is 42.0 Å². The number of benzene rings is 2. The number of rotatable bonds is 6. The molecule has 0 bridgehead atoms. The van der Waals surface area contributed by atoms with Crippen LogP contribution in [0.3, 0.4) is 0 Å². The topological polar surface area (TPSA) is 52.6 Å². The molecule has 0 amide bonds. The highest BCUT2D eigenvalue weighted by molar-refractivity contribution is 8.18. The summed E-state index contributed by atoms with van der Waals surface area (Å²) in [6, 6.07) is 17.0. The molecule has 6 heteroatoms. The summed E-state index contributed by atoms with van der Waals surface area (Å²) in [5, 5.41) is 0.591. The van der Waals surface area contributed by atoms with Crippen LogP contribution >= 0.6 is 22.1 Å². The van der Waals surface area contributed by atoms with Crippen LogP contribution in [0.4, 0.5) is 0 Å². The first-order valence-electron chi connectivity index (χ1n) is 7.60. The first-order chi connectivity index (χ1) is 12.1.